The van der Waals surface area contributed by atoms with Crippen molar-refractivity contribution in [1.29, 1.82) is 0 Å². The Hall–Kier alpha value is -3.67. The molecule has 1 amide bonds. The lowest BCUT2D eigenvalue weighted by molar-refractivity contribution is 0.0950. The number of Topliss-reactive ketones (excluding diaryl/α,β-unsaturated/α-hetero) is 1. The van der Waals surface area contributed by atoms with E-state index >= 15 is 0 Å². The summed E-state index contributed by atoms with van der Waals surface area (Å²) in [5.41, 5.74) is 2.81. The van der Waals surface area contributed by atoms with Crippen molar-refractivity contribution in [2.24, 2.45) is 0 Å². The van der Waals surface area contributed by atoms with Crippen LogP contribution < -0.4 is 15.4 Å². The van der Waals surface area contributed by atoms with Crippen molar-refractivity contribution in [1.82, 2.24) is 10.3 Å². The van der Waals surface area contributed by atoms with Gasteiger partial charge < -0.3 is 15.4 Å². The first-order chi connectivity index (χ1) is 13.5. The molecular formula is C22H21N3O3. The summed E-state index contributed by atoms with van der Waals surface area (Å²) < 4.78 is 5.13. The number of ketones is 1. The van der Waals surface area contributed by atoms with E-state index in [1.165, 1.54) is 6.92 Å². The number of carbonyl (C=O) groups excluding carboxylic acids is 2. The minimum absolute atomic E-state index is 0.0109. The Morgan fingerprint density at radius 2 is 1.79 bits per heavy atom. The van der Waals surface area contributed by atoms with Gasteiger partial charge in [-0.05, 0) is 48.9 Å². The highest BCUT2D eigenvalue weighted by Crippen LogP contribution is 2.17. The summed E-state index contributed by atoms with van der Waals surface area (Å²) in [6, 6.07) is 18.0. The average Bonchev–Trinajstić information content (AvgIpc) is 2.72. The Balaban J connectivity index is 1.65. The van der Waals surface area contributed by atoms with Crippen LogP contribution in [0.15, 0.2) is 66.9 Å². The number of nitrogens with one attached hydrogen (secondary N) is 2. The van der Waals surface area contributed by atoms with E-state index in [1.807, 2.05) is 30.3 Å². The third-order valence-corrected chi connectivity index (χ3v) is 4.18. The van der Waals surface area contributed by atoms with Gasteiger partial charge in [0, 0.05) is 29.6 Å². The molecule has 6 heteroatoms. The van der Waals surface area contributed by atoms with Gasteiger partial charge in [-0.15, -0.1) is 0 Å². The van der Waals surface area contributed by atoms with E-state index < -0.39 is 0 Å². The Morgan fingerprint density at radius 3 is 2.50 bits per heavy atom. The van der Waals surface area contributed by atoms with Crippen molar-refractivity contribution in [3.05, 3.63) is 83.6 Å². The molecule has 0 aliphatic carbocycles. The lowest BCUT2D eigenvalue weighted by Crippen LogP contribution is -2.22. The number of ether oxygens (including phenoxy) is 1. The highest BCUT2D eigenvalue weighted by molar-refractivity contribution is 5.96. The molecule has 0 atom stereocenters. The number of aromatic nitrogens is 1. The first-order valence-corrected chi connectivity index (χ1v) is 8.80. The van der Waals surface area contributed by atoms with Crippen LogP contribution in [0.1, 0.15) is 33.2 Å². The molecule has 3 rings (SSSR count). The molecule has 0 aliphatic rings. The number of amides is 1. The molecule has 0 radical (unpaired) electrons. The number of methoxy groups -OCH3 is 1. The van der Waals surface area contributed by atoms with Crippen LogP contribution in [0.3, 0.4) is 0 Å². The minimum atomic E-state index is -0.196. The summed E-state index contributed by atoms with van der Waals surface area (Å²) in [6.45, 7) is 1.93. The van der Waals surface area contributed by atoms with Crippen LogP contribution in [0, 0.1) is 0 Å². The number of hydrogen-bond donors (Lipinski definition) is 2. The summed E-state index contributed by atoms with van der Waals surface area (Å²) in [5, 5.41) is 6.01. The van der Waals surface area contributed by atoms with Crippen LogP contribution >= 0.6 is 0 Å². The standard InChI is InChI=1S/C22H21N3O3/c1-15(26)17-4-3-5-19(12-17)25-21-13-18(10-11-23-21)22(27)24-14-16-6-8-20(28-2)9-7-16/h3-13H,14H2,1-2H3,(H,23,25)(H,24,27). The van der Waals surface area contributed by atoms with Crippen LogP contribution in [-0.2, 0) is 6.54 Å². The third kappa shape index (κ3) is 4.94. The first-order valence-electron chi connectivity index (χ1n) is 8.80. The Morgan fingerprint density at radius 1 is 1.00 bits per heavy atom. The molecule has 1 aromatic heterocycles. The summed E-state index contributed by atoms with van der Waals surface area (Å²) >= 11 is 0. The first kappa shape index (κ1) is 19.1. The van der Waals surface area contributed by atoms with Gasteiger partial charge in [-0.3, -0.25) is 9.59 Å². The van der Waals surface area contributed by atoms with Crippen molar-refractivity contribution in [3.63, 3.8) is 0 Å². The second kappa shape index (κ2) is 8.81. The SMILES string of the molecule is COc1ccc(CNC(=O)c2ccnc(Nc3cccc(C(C)=O)c3)c2)cc1. The topological polar surface area (TPSA) is 80.3 Å². The molecule has 2 N–H and O–H groups in total. The average molecular weight is 375 g/mol. The number of benzene rings is 2. The molecule has 0 aliphatic heterocycles. The second-order valence-corrected chi connectivity index (χ2v) is 6.22. The van der Waals surface area contributed by atoms with Gasteiger partial charge in [0.15, 0.2) is 5.78 Å². The van der Waals surface area contributed by atoms with Gasteiger partial charge in [0.1, 0.15) is 11.6 Å². The molecule has 142 valence electrons. The predicted molar refractivity (Wildman–Crippen MR) is 108 cm³/mol. The van der Waals surface area contributed by atoms with Crippen molar-refractivity contribution in [2.45, 2.75) is 13.5 Å². The van der Waals surface area contributed by atoms with E-state index in [4.69, 9.17) is 4.74 Å². The van der Waals surface area contributed by atoms with Gasteiger partial charge in [-0.2, -0.15) is 0 Å². The Kier molecular flexibility index (Phi) is 6.01. The molecule has 0 spiro atoms. The van der Waals surface area contributed by atoms with Crippen molar-refractivity contribution >= 4 is 23.2 Å². The number of nitrogens with zero attached hydrogens (tertiary/aromatic N) is 1. The molecule has 6 nitrogen and oxygen atoms in total. The van der Waals surface area contributed by atoms with E-state index in [2.05, 4.69) is 15.6 Å². The zero-order valence-corrected chi connectivity index (χ0v) is 15.7. The predicted octanol–water partition coefficient (Wildman–Crippen LogP) is 3.97. The molecule has 0 bridgehead atoms. The second-order valence-electron chi connectivity index (χ2n) is 6.22. The molecule has 28 heavy (non-hydrogen) atoms. The third-order valence-electron chi connectivity index (χ3n) is 4.18. The van der Waals surface area contributed by atoms with Gasteiger partial charge in [0.2, 0.25) is 0 Å². The lowest BCUT2D eigenvalue weighted by atomic mass is 10.1. The van der Waals surface area contributed by atoms with Gasteiger partial charge in [0.05, 0.1) is 7.11 Å². The number of hydrogen-bond acceptors (Lipinski definition) is 5. The fourth-order valence-corrected chi connectivity index (χ4v) is 2.63. The van der Waals surface area contributed by atoms with Crippen LogP contribution in [0.25, 0.3) is 0 Å². The van der Waals surface area contributed by atoms with Crippen LogP contribution in [0.4, 0.5) is 11.5 Å². The normalized spacial score (nSPS) is 10.2. The maximum absolute atomic E-state index is 12.5. The maximum Gasteiger partial charge on any atom is 0.251 e. The largest absolute Gasteiger partial charge is 0.497 e. The summed E-state index contributed by atoms with van der Waals surface area (Å²) in [6.07, 6.45) is 1.57. The minimum Gasteiger partial charge on any atom is -0.497 e. The van der Waals surface area contributed by atoms with Crippen molar-refractivity contribution in [2.75, 3.05) is 12.4 Å². The monoisotopic (exact) mass is 375 g/mol. The number of pyridine rings is 1. The smallest absolute Gasteiger partial charge is 0.251 e. The van der Waals surface area contributed by atoms with Gasteiger partial charge in [-0.1, -0.05) is 24.3 Å². The fourth-order valence-electron chi connectivity index (χ4n) is 2.63. The van der Waals surface area contributed by atoms with Crippen molar-refractivity contribution in [3.8, 4) is 5.75 Å². The van der Waals surface area contributed by atoms with E-state index in [-0.39, 0.29) is 11.7 Å². The number of anilines is 2. The zero-order chi connectivity index (χ0) is 19.9. The van der Waals surface area contributed by atoms with Crippen LogP contribution in [-0.4, -0.2) is 23.8 Å². The molecule has 0 unspecified atom stereocenters. The fraction of sp³-hybridized carbons (Fsp3) is 0.136. The zero-order valence-electron chi connectivity index (χ0n) is 15.7. The molecule has 2 aromatic carbocycles. The Labute approximate surface area is 163 Å². The van der Waals surface area contributed by atoms with Crippen LogP contribution in [0.2, 0.25) is 0 Å². The summed E-state index contributed by atoms with van der Waals surface area (Å²) in [4.78, 5) is 28.2. The molecular weight excluding hydrogens is 354 g/mol. The quantitative estimate of drug-likeness (QED) is 0.611. The molecule has 0 fully saturated rings. The van der Waals surface area contributed by atoms with E-state index in [0.717, 1.165) is 17.0 Å². The van der Waals surface area contributed by atoms with E-state index in [1.54, 1.807) is 43.6 Å². The lowest BCUT2D eigenvalue weighted by Gasteiger charge is -2.09. The van der Waals surface area contributed by atoms with E-state index in [0.29, 0.717) is 23.5 Å². The van der Waals surface area contributed by atoms with E-state index in [9.17, 15) is 9.59 Å². The van der Waals surface area contributed by atoms with Crippen LogP contribution in [0.5, 0.6) is 5.75 Å². The molecule has 1 heterocycles. The van der Waals surface area contributed by atoms with Gasteiger partial charge in [-0.25, -0.2) is 4.98 Å². The Bertz CT molecular complexity index is 984. The maximum atomic E-state index is 12.5. The molecule has 3 aromatic rings. The molecule has 0 saturated carbocycles. The molecule has 0 saturated heterocycles. The number of carbonyl (C=O) groups is 2. The highest BCUT2D eigenvalue weighted by Gasteiger charge is 2.08. The summed E-state index contributed by atoms with van der Waals surface area (Å²) in [7, 11) is 1.61. The van der Waals surface area contributed by atoms with Gasteiger partial charge >= 0.3 is 0 Å². The van der Waals surface area contributed by atoms with Gasteiger partial charge in [0.25, 0.3) is 5.91 Å². The summed E-state index contributed by atoms with van der Waals surface area (Å²) in [5.74, 6) is 1.09. The number of rotatable bonds is 7. The van der Waals surface area contributed by atoms with Crippen molar-refractivity contribution < 1.29 is 14.3 Å². The highest BCUT2D eigenvalue weighted by atomic mass is 16.5.